The minimum atomic E-state index is -3.81. The second-order valence-electron chi connectivity index (χ2n) is 6.70. The number of hydrogen-bond acceptors (Lipinski definition) is 4. The number of carboxylic acids is 1. The van der Waals surface area contributed by atoms with Crippen LogP contribution in [0.5, 0.6) is 0 Å². The SMILES string of the molecule is CC1(C(=O)O)CCN(S(=O)(=O)c2c[nH]c(C(=O)N3CCCC3)c2)C1. The molecule has 1 aromatic heterocycles. The molecule has 3 rings (SSSR count). The second kappa shape index (κ2) is 5.89. The van der Waals surface area contributed by atoms with E-state index in [-0.39, 0.29) is 36.0 Å². The molecule has 1 unspecified atom stereocenters. The van der Waals surface area contributed by atoms with Gasteiger partial charge in [0.1, 0.15) is 10.6 Å². The molecule has 1 amide bonds. The lowest BCUT2D eigenvalue weighted by Crippen LogP contribution is -2.34. The zero-order valence-corrected chi connectivity index (χ0v) is 14.3. The van der Waals surface area contributed by atoms with Crippen molar-refractivity contribution < 1.29 is 23.1 Å². The Labute approximate surface area is 140 Å². The maximum absolute atomic E-state index is 12.7. The van der Waals surface area contributed by atoms with E-state index in [4.69, 9.17) is 0 Å². The number of carbonyl (C=O) groups is 2. The topological polar surface area (TPSA) is 111 Å². The Morgan fingerprint density at radius 3 is 2.50 bits per heavy atom. The molecular weight excluding hydrogens is 334 g/mol. The van der Waals surface area contributed by atoms with Crippen LogP contribution in [0.15, 0.2) is 17.2 Å². The molecule has 9 heteroatoms. The molecule has 2 N–H and O–H groups in total. The molecule has 1 aromatic rings. The fraction of sp³-hybridized carbons (Fsp3) is 0.600. The van der Waals surface area contributed by atoms with Crippen LogP contribution in [-0.2, 0) is 14.8 Å². The van der Waals surface area contributed by atoms with Crippen LogP contribution >= 0.6 is 0 Å². The van der Waals surface area contributed by atoms with E-state index in [2.05, 4.69) is 4.98 Å². The predicted molar refractivity (Wildman–Crippen MR) is 85.0 cm³/mol. The summed E-state index contributed by atoms with van der Waals surface area (Å²) in [5.41, 5.74) is -0.826. The molecule has 0 aromatic carbocycles. The van der Waals surface area contributed by atoms with Crippen molar-refractivity contribution in [1.82, 2.24) is 14.2 Å². The smallest absolute Gasteiger partial charge is 0.310 e. The number of sulfonamides is 1. The van der Waals surface area contributed by atoms with E-state index in [9.17, 15) is 23.1 Å². The Kier molecular flexibility index (Phi) is 4.16. The number of rotatable bonds is 4. The number of likely N-dealkylation sites (tertiary alicyclic amines) is 1. The number of aromatic nitrogens is 1. The first-order valence-corrected chi connectivity index (χ1v) is 9.39. The number of aromatic amines is 1. The summed E-state index contributed by atoms with van der Waals surface area (Å²) in [7, 11) is -3.81. The summed E-state index contributed by atoms with van der Waals surface area (Å²) in [5.74, 6) is -1.20. The summed E-state index contributed by atoms with van der Waals surface area (Å²) in [6, 6.07) is 1.34. The molecule has 24 heavy (non-hydrogen) atoms. The highest BCUT2D eigenvalue weighted by molar-refractivity contribution is 7.89. The quantitative estimate of drug-likeness (QED) is 0.827. The number of hydrogen-bond donors (Lipinski definition) is 2. The van der Waals surface area contributed by atoms with E-state index < -0.39 is 21.4 Å². The standard InChI is InChI=1S/C15H21N3O5S/c1-15(14(20)21)4-7-18(10-15)24(22,23)11-8-12(16-9-11)13(19)17-5-2-3-6-17/h8-9,16H,2-7,10H2,1H3,(H,20,21). The fourth-order valence-electron chi connectivity index (χ4n) is 3.19. The normalized spacial score (nSPS) is 25.3. The van der Waals surface area contributed by atoms with Crippen LogP contribution in [0.2, 0.25) is 0 Å². The zero-order chi connectivity index (χ0) is 17.5. The maximum Gasteiger partial charge on any atom is 0.310 e. The van der Waals surface area contributed by atoms with Gasteiger partial charge in [0.25, 0.3) is 5.91 Å². The van der Waals surface area contributed by atoms with E-state index in [1.165, 1.54) is 16.6 Å². The molecule has 3 heterocycles. The molecule has 132 valence electrons. The number of carboxylic acid groups (broad SMARTS) is 1. The van der Waals surface area contributed by atoms with Gasteiger partial charge in [-0.05, 0) is 32.3 Å². The van der Waals surface area contributed by atoms with Crippen molar-refractivity contribution in [2.45, 2.75) is 31.1 Å². The molecule has 0 aliphatic carbocycles. The Balaban J connectivity index is 1.79. The largest absolute Gasteiger partial charge is 0.481 e. The number of nitrogens with one attached hydrogen (secondary N) is 1. The Morgan fingerprint density at radius 2 is 1.92 bits per heavy atom. The van der Waals surface area contributed by atoms with Gasteiger partial charge >= 0.3 is 5.97 Å². The van der Waals surface area contributed by atoms with Gasteiger partial charge in [-0.25, -0.2) is 8.42 Å². The molecular formula is C15H21N3O5S. The Morgan fingerprint density at radius 1 is 1.25 bits per heavy atom. The van der Waals surface area contributed by atoms with Crippen molar-refractivity contribution >= 4 is 21.9 Å². The van der Waals surface area contributed by atoms with Crippen LogP contribution in [0.4, 0.5) is 0 Å². The van der Waals surface area contributed by atoms with Crippen molar-refractivity contribution in [2.24, 2.45) is 5.41 Å². The third-order valence-corrected chi connectivity index (χ3v) is 6.70. The van der Waals surface area contributed by atoms with E-state index in [0.29, 0.717) is 13.1 Å². The maximum atomic E-state index is 12.7. The van der Waals surface area contributed by atoms with E-state index >= 15 is 0 Å². The lowest BCUT2D eigenvalue weighted by Gasteiger charge is -2.19. The van der Waals surface area contributed by atoms with Gasteiger partial charge in [-0.15, -0.1) is 0 Å². The van der Waals surface area contributed by atoms with Crippen LogP contribution < -0.4 is 0 Å². The van der Waals surface area contributed by atoms with Crippen LogP contribution in [0.1, 0.15) is 36.7 Å². The van der Waals surface area contributed by atoms with Crippen molar-refractivity contribution in [3.63, 3.8) is 0 Å². The van der Waals surface area contributed by atoms with Gasteiger partial charge in [0.15, 0.2) is 0 Å². The lowest BCUT2D eigenvalue weighted by atomic mass is 9.90. The van der Waals surface area contributed by atoms with Gasteiger partial charge in [0.05, 0.1) is 5.41 Å². The van der Waals surface area contributed by atoms with Crippen molar-refractivity contribution in [1.29, 1.82) is 0 Å². The van der Waals surface area contributed by atoms with Crippen molar-refractivity contribution in [3.8, 4) is 0 Å². The third kappa shape index (κ3) is 2.82. The second-order valence-corrected chi connectivity index (χ2v) is 8.64. The first-order valence-electron chi connectivity index (χ1n) is 7.95. The van der Waals surface area contributed by atoms with Gasteiger partial charge in [0.2, 0.25) is 10.0 Å². The van der Waals surface area contributed by atoms with Gasteiger partial charge in [-0.3, -0.25) is 9.59 Å². The van der Waals surface area contributed by atoms with E-state index in [0.717, 1.165) is 12.8 Å². The average molecular weight is 355 g/mol. The van der Waals surface area contributed by atoms with E-state index in [1.54, 1.807) is 11.8 Å². The summed E-state index contributed by atoms with van der Waals surface area (Å²) in [5, 5.41) is 9.25. The summed E-state index contributed by atoms with van der Waals surface area (Å²) in [4.78, 5) is 28.0. The molecule has 2 saturated heterocycles. The number of nitrogens with zero attached hydrogens (tertiary/aromatic N) is 2. The Hall–Kier alpha value is -1.87. The molecule has 2 fully saturated rings. The summed E-state index contributed by atoms with van der Waals surface area (Å²) in [6.45, 7) is 3.01. The molecule has 0 bridgehead atoms. The van der Waals surface area contributed by atoms with Gasteiger partial charge in [-0.2, -0.15) is 4.31 Å². The molecule has 2 aliphatic heterocycles. The van der Waals surface area contributed by atoms with Crippen molar-refractivity contribution in [2.75, 3.05) is 26.2 Å². The first-order chi connectivity index (χ1) is 11.2. The summed E-state index contributed by atoms with van der Waals surface area (Å²) >= 11 is 0. The van der Waals surface area contributed by atoms with Crippen molar-refractivity contribution in [3.05, 3.63) is 18.0 Å². The van der Waals surface area contributed by atoms with Crippen LogP contribution in [0, 0.1) is 5.41 Å². The number of aliphatic carboxylic acids is 1. The molecule has 1 atom stereocenters. The first kappa shape index (κ1) is 17.0. The average Bonchev–Trinajstić information content (AvgIpc) is 3.27. The van der Waals surface area contributed by atoms with Gasteiger partial charge < -0.3 is 15.0 Å². The predicted octanol–water partition coefficient (Wildman–Crippen LogP) is 0.736. The summed E-state index contributed by atoms with van der Waals surface area (Å²) in [6.07, 6.45) is 3.49. The minimum Gasteiger partial charge on any atom is -0.481 e. The molecule has 0 spiro atoms. The van der Waals surface area contributed by atoms with Crippen LogP contribution in [-0.4, -0.2) is 65.8 Å². The van der Waals surface area contributed by atoms with Gasteiger partial charge in [0, 0.05) is 32.4 Å². The number of amides is 1. The monoisotopic (exact) mass is 355 g/mol. The Bertz CT molecular complexity index is 766. The van der Waals surface area contributed by atoms with Gasteiger partial charge in [-0.1, -0.05) is 0 Å². The number of carbonyl (C=O) groups excluding carboxylic acids is 1. The highest BCUT2D eigenvalue weighted by atomic mass is 32.2. The third-order valence-electron chi connectivity index (χ3n) is 4.87. The van der Waals surface area contributed by atoms with Crippen LogP contribution in [0.25, 0.3) is 0 Å². The summed E-state index contributed by atoms with van der Waals surface area (Å²) < 4.78 is 26.6. The molecule has 0 saturated carbocycles. The molecule has 0 radical (unpaired) electrons. The fourth-order valence-corrected chi connectivity index (χ4v) is 4.74. The number of H-pyrrole nitrogens is 1. The minimum absolute atomic E-state index is 0.000291. The molecule has 8 nitrogen and oxygen atoms in total. The van der Waals surface area contributed by atoms with Crippen LogP contribution in [0.3, 0.4) is 0 Å². The van der Waals surface area contributed by atoms with E-state index in [1.807, 2.05) is 0 Å². The highest BCUT2D eigenvalue weighted by Crippen LogP contribution is 2.33. The molecule has 2 aliphatic rings. The zero-order valence-electron chi connectivity index (χ0n) is 13.5. The lowest BCUT2D eigenvalue weighted by molar-refractivity contribution is -0.146. The highest BCUT2D eigenvalue weighted by Gasteiger charge is 2.45.